The lowest BCUT2D eigenvalue weighted by atomic mass is 10.0. The summed E-state index contributed by atoms with van der Waals surface area (Å²) in [5, 5.41) is 5.44. The number of benzene rings is 1. The van der Waals surface area contributed by atoms with Crippen LogP contribution in [0.2, 0.25) is 10.0 Å². The first kappa shape index (κ1) is 19.2. The van der Waals surface area contributed by atoms with Crippen LogP contribution in [0.25, 0.3) is 5.69 Å². The average Bonchev–Trinajstić information content (AvgIpc) is 3.28. The summed E-state index contributed by atoms with van der Waals surface area (Å²) in [7, 11) is 0. The molecule has 4 rings (SSSR count). The fourth-order valence-electron chi connectivity index (χ4n) is 3.74. The molecule has 1 N–H and O–H groups in total. The van der Waals surface area contributed by atoms with Gasteiger partial charge in [0, 0.05) is 29.7 Å². The van der Waals surface area contributed by atoms with Crippen molar-refractivity contribution in [3.8, 4) is 5.69 Å². The molecular weight excluding hydrogens is 411 g/mol. The molecule has 3 aromatic rings. The van der Waals surface area contributed by atoms with Crippen LogP contribution in [0.1, 0.15) is 36.8 Å². The van der Waals surface area contributed by atoms with Crippen molar-refractivity contribution in [2.45, 2.75) is 25.4 Å². The number of hydrogen-bond acceptors (Lipinski definition) is 2. The van der Waals surface area contributed by atoms with Crippen LogP contribution >= 0.6 is 35.4 Å². The molecule has 3 heterocycles. The minimum absolute atomic E-state index is 0.00379. The third-order valence-electron chi connectivity index (χ3n) is 4.91. The summed E-state index contributed by atoms with van der Waals surface area (Å²) >= 11 is 18.3. The van der Waals surface area contributed by atoms with Crippen molar-refractivity contribution in [1.82, 2.24) is 19.8 Å². The maximum Gasteiger partial charge on any atom is 0.170 e. The topological polar surface area (TPSA) is 33.1 Å². The van der Waals surface area contributed by atoms with E-state index in [4.69, 9.17) is 35.4 Å². The first-order valence-corrected chi connectivity index (χ1v) is 10.4. The summed E-state index contributed by atoms with van der Waals surface area (Å²) in [4.78, 5) is 6.82. The van der Waals surface area contributed by atoms with Crippen LogP contribution in [0.15, 0.2) is 60.9 Å². The fourth-order valence-corrected chi connectivity index (χ4v) is 4.57. The highest BCUT2D eigenvalue weighted by atomic mass is 35.5. The molecule has 0 aliphatic carbocycles. The van der Waals surface area contributed by atoms with Crippen LogP contribution in [0.4, 0.5) is 0 Å². The van der Waals surface area contributed by atoms with E-state index in [1.807, 2.05) is 48.8 Å². The van der Waals surface area contributed by atoms with Gasteiger partial charge in [-0.1, -0.05) is 36.2 Å². The Morgan fingerprint density at radius 2 is 2.00 bits per heavy atom. The summed E-state index contributed by atoms with van der Waals surface area (Å²) in [6, 6.07) is 15.6. The molecule has 0 radical (unpaired) electrons. The van der Waals surface area contributed by atoms with E-state index in [1.165, 1.54) is 0 Å². The van der Waals surface area contributed by atoms with Crippen LogP contribution in [-0.2, 0) is 0 Å². The normalized spacial score (nSPS) is 19.1. The van der Waals surface area contributed by atoms with Gasteiger partial charge in [0.25, 0.3) is 0 Å². The molecular formula is C21H20Cl2N4S. The van der Waals surface area contributed by atoms with E-state index in [2.05, 4.69) is 32.8 Å². The molecule has 2 aromatic heterocycles. The number of nitrogens with one attached hydrogen (secondary N) is 1. The Hall–Kier alpha value is -2.08. The van der Waals surface area contributed by atoms with Crippen molar-refractivity contribution in [2.75, 3.05) is 6.54 Å². The van der Waals surface area contributed by atoms with Crippen LogP contribution in [0.3, 0.4) is 0 Å². The van der Waals surface area contributed by atoms with E-state index in [1.54, 1.807) is 6.07 Å². The van der Waals surface area contributed by atoms with E-state index < -0.39 is 0 Å². The highest BCUT2D eigenvalue weighted by Gasteiger charge is 2.40. The number of aromatic nitrogens is 2. The minimum Gasteiger partial charge on any atom is -0.352 e. The van der Waals surface area contributed by atoms with Gasteiger partial charge in [-0.25, -0.2) is 0 Å². The average molecular weight is 431 g/mol. The zero-order valence-corrected chi connectivity index (χ0v) is 17.7. The molecule has 1 aliphatic rings. The Morgan fingerprint density at radius 1 is 1.14 bits per heavy atom. The van der Waals surface area contributed by atoms with Crippen LogP contribution in [0, 0.1) is 0 Å². The lowest BCUT2D eigenvalue weighted by Gasteiger charge is -2.28. The zero-order valence-electron chi connectivity index (χ0n) is 15.3. The second-order valence-electron chi connectivity index (χ2n) is 6.72. The molecule has 0 spiro atoms. The van der Waals surface area contributed by atoms with Gasteiger partial charge in [0.05, 0.1) is 28.5 Å². The van der Waals surface area contributed by atoms with E-state index >= 15 is 0 Å². The maximum absolute atomic E-state index is 6.51. The molecule has 0 unspecified atom stereocenters. The number of hydrogen-bond donors (Lipinski definition) is 1. The Balaban J connectivity index is 1.83. The number of thiocarbonyl (C=S) groups is 1. The monoisotopic (exact) mass is 430 g/mol. The quantitative estimate of drug-likeness (QED) is 0.536. The van der Waals surface area contributed by atoms with Crippen LogP contribution in [0.5, 0.6) is 0 Å². The van der Waals surface area contributed by atoms with Crippen LogP contribution < -0.4 is 5.32 Å². The first-order valence-electron chi connectivity index (χ1n) is 9.21. The van der Waals surface area contributed by atoms with Gasteiger partial charge in [-0.15, -0.1) is 0 Å². The highest BCUT2D eigenvalue weighted by Crippen LogP contribution is 2.40. The SMILES string of the molecule is CCCN1C(=S)N[C@H](c2ccccn2)[C@H]1c1cccn1-c1ccc(Cl)cc1Cl. The number of pyridine rings is 1. The van der Waals surface area contributed by atoms with E-state index in [-0.39, 0.29) is 12.1 Å². The van der Waals surface area contributed by atoms with Crippen molar-refractivity contribution in [2.24, 2.45) is 0 Å². The third-order valence-corrected chi connectivity index (χ3v) is 5.81. The van der Waals surface area contributed by atoms with Gasteiger partial charge in [0.15, 0.2) is 5.11 Å². The number of nitrogens with zero attached hydrogens (tertiary/aromatic N) is 3. The van der Waals surface area contributed by atoms with Gasteiger partial charge < -0.3 is 14.8 Å². The highest BCUT2D eigenvalue weighted by molar-refractivity contribution is 7.80. The summed E-state index contributed by atoms with van der Waals surface area (Å²) in [6.45, 7) is 3.02. The maximum atomic E-state index is 6.51. The lowest BCUT2D eigenvalue weighted by Crippen LogP contribution is -2.31. The Morgan fingerprint density at radius 3 is 2.71 bits per heavy atom. The van der Waals surface area contributed by atoms with Crippen LogP contribution in [-0.4, -0.2) is 26.1 Å². The molecule has 7 heteroatoms. The van der Waals surface area contributed by atoms with E-state index in [9.17, 15) is 0 Å². The Kier molecular flexibility index (Phi) is 5.58. The summed E-state index contributed by atoms with van der Waals surface area (Å²) in [5.41, 5.74) is 2.95. The molecule has 2 atom stereocenters. The van der Waals surface area contributed by atoms with Gasteiger partial charge >= 0.3 is 0 Å². The molecule has 0 amide bonds. The Labute approximate surface area is 180 Å². The Bertz CT molecular complexity index is 989. The molecule has 4 nitrogen and oxygen atoms in total. The second-order valence-corrected chi connectivity index (χ2v) is 7.95. The summed E-state index contributed by atoms with van der Waals surface area (Å²) < 4.78 is 2.11. The van der Waals surface area contributed by atoms with Gasteiger partial charge in [-0.3, -0.25) is 4.98 Å². The van der Waals surface area contributed by atoms with E-state index in [0.717, 1.165) is 35.2 Å². The summed E-state index contributed by atoms with van der Waals surface area (Å²) in [5.74, 6) is 0. The fraction of sp³-hybridized carbons (Fsp3) is 0.238. The predicted molar refractivity (Wildman–Crippen MR) is 118 cm³/mol. The van der Waals surface area contributed by atoms with Crippen molar-refractivity contribution in [3.05, 3.63) is 82.4 Å². The molecule has 1 fully saturated rings. The van der Waals surface area contributed by atoms with E-state index in [0.29, 0.717) is 10.0 Å². The van der Waals surface area contributed by atoms with Gasteiger partial charge in [0.1, 0.15) is 0 Å². The zero-order chi connectivity index (χ0) is 19.7. The first-order chi connectivity index (χ1) is 13.6. The van der Waals surface area contributed by atoms with Gasteiger partial charge in [-0.05, 0) is 61.1 Å². The number of rotatable bonds is 5. The van der Waals surface area contributed by atoms with Gasteiger partial charge in [-0.2, -0.15) is 0 Å². The molecule has 144 valence electrons. The molecule has 1 saturated heterocycles. The summed E-state index contributed by atoms with van der Waals surface area (Å²) in [6.07, 6.45) is 4.83. The molecule has 28 heavy (non-hydrogen) atoms. The van der Waals surface area contributed by atoms with Gasteiger partial charge in [0.2, 0.25) is 0 Å². The molecule has 0 bridgehead atoms. The molecule has 0 saturated carbocycles. The van der Waals surface area contributed by atoms with Crippen molar-refractivity contribution in [3.63, 3.8) is 0 Å². The third kappa shape index (κ3) is 3.50. The smallest absolute Gasteiger partial charge is 0.170 e. The number of halogens is 2. The largest absolute Gasteiger partial charge is 0.352 e. The standard InChI is InChI=1S/C21H20Cl2N4S/c1-2-11-27-20(19(25-21(27)28)16-6-3-4-10-24-16)18-7-5-12-26(18)17-9-8-14(22)13-15(17)23/h3-10,12-13,19-20H,2,11H2,1H3,(H,25,28)/t19-,20-/m1/s1. The second kappa shape index (κ2) is 8.11. The molecule has 1 aromatic carbocycles. The minimum atomic E-state index is -0.0417. The van der Waals surface area contributed by atoms with Crippen molar-refractivity contribution in [1.29, 1.82) is 0 Å². The van der Waals surface area contributed by atoms with Crippen molar-refractivity contribution >= 4 is 40.5 Å². The lowest BCUT2D eigenvalue weighted by molar-refractivity contribution is 0.309. The molecule has 1 aliphatic heterocycles. The predicted octanol–water partition coefficient (Wildman–Crippen LogP) is 5.56. The van der Waals surface area contributed by atoms with Crippen molar-refractivity contribution < 1.29 is 0 Å².